The second-order valence-electron chi connectivity index (χ2n) is 7.33. The lowest BCUT2D eigenvalue weighted by Crippen LogP contribution is -2.47. The number of rotatable bonds is 5. The molecular weight excluding hydrogens is 393 g/mol. The van der Waals surface area contributed by atoms with Gasteiger partial charge in [-0.15, -0.1) is 0 Å². The van der Waals surface area contributed by atoms with Crippen molar-refractivity contribution in [1.29, 1.82) is 0 Å². The monoisotopic (exact) mass is 414 g/mol. The molecule has 4 rings (SSSR count). The molecule has 1 aliphatic rings. The van der Waals surface area contributed by atoms with Crippen LogP contribution in [-0.4, -0.2) is 52.6 Å². The van der Waals surface area contributed by atoms with Crippen LogP contribution in [0.3, 0.4) is 0 Å². The number of halogens is 3. The predicted octanol–water partition coefficient (Wildman–Crippen LogP) is 4.28. The number of fused-ring (bicyclic) bond motifs is 1. The van der Waals surface area contributed by atoms with Crippen LogP contribution in [0.15, 0.2) is 36.7 Å². The molecule has 1 saturated heterocycles. The van der Waals surface area contributed by atoms with Gasteiger partial charge in [-0.05, 0) is 48.5 Å². The number of nitrogens with zero attached hydrogens (tertiary/aromatic N) is 5. The maximum absolute atomic E-state index is 12.9. The summed E-state index contributed by atoms with van der Waals surface area (Å²) < 4.78 is 38.6. The lowest BCUT2D eigenvalue weighted by molar-refractivity contribution is -0.141. The van der Waals surface area contributed by atoms with E-state index in [0.29, 0.717) is 18.8 Å². The first-order chi connectivity index (χ1) is 14.4. The Morgan fingerprint density at radius 1 is 1.13 bits per heavy atom. The number of aryl methyl sites for hydroxylation is 1. The van der Waals surface area contributed by atoms with Crippen molar-refractivity contribution in [3.8, 4) is 0 Å². The van der Waals surface area contributed by atoms with Gasteiger partial charge < -0.3 is 9.88 Å². The molecule has 6 nitrogen and oxygen atoms in total. The van der Waals surface area contributed by atoms with E-state index in [-0.39, 0.29) is 5.95 Å². The quantitative estimate of drug-likeness (QED) is 0.633. The van der Waals surface area contributed by atoms with E-state index in [4.69, 9.17) is 6.57 Å². The van der Waals surface area contributed by atoms with E-state index < -0.39 is 11.9 Å². The molecule has 156 valence electrons. The van der Waals surface area contributed by atoms with Gasteiger partial charge in [0.05, 0.1) is 6.57 Å². The summed E-state index contributed by atoms with van der Waals surface area (Å²) in [7, 11) is 0. The van der Waals surface area contributed by atoms with Crippen LogP contribution in [-0.2, 0) is 12.6 Å². The van der Waals surface area contributed by atoms with E-state index in [9.17, 15) is 13.2 Å². The van der Waals surface area contributed by atoms with Gasteiger partial charge >= 0.3 is 6.18 Å². The Hall–Kier alpha value is -3.12. The molecule has 9 heteroatoms. The molecule has 30 heavy (non-hydrogen) atoms. The fraction of sp³-hybridized carbons (Fsp3) is 0.381. The first kappa shape index (κ1) is 20.2. The fourth-order valence-corrected chi connectivity index (χ4v) is 3.77. The Balaban J connectivity index is 1.29. The van der Waals surface area contributed by atoms with Crippen LogP contribution in [0.2, 0.25) is 0 Å². The van der Waals surface area contributed by atoms with E-state index in [1.807, 2.05) is 24.4 Å². The number of hydrogen-bond donors (Lipinski definition) is 1. The molecule has 3 aromatic rings. The topological polar surface area (TPSA) is 52.4 Å². The average molecular weight is 414 g/mol. The Kier molecular flexibility index (Phi) is 5.59. The first-order valence-electron chi connectivity index (χ1n) is 9.79. The number of benzene rings is 1. The smallest absolute Gasteiger partial charge is 0.361 e. The molecule has 0 saturated carbocycles. The largest absolute Gasteiger partial charge is 0.433 e. The molecule has 2 aromatic heterocycles. The molecule has 1 fully saturated rings. The molecular formula is C21H21F3N6. The summed E-state index contributed by atoms with van der Waals surface area (Å²) >= 11 is 0. The standard InChI is InChI=1S/C21H21F3N6/c1-25-16-4-5-18-17(13-16)15(14-27-18)3-2-8-29-9-11-30(12-10-29)20-26-7-6-19(28-20)21(22,23)24/h4-7,13-14,27H,2-3,8-12H2. The summed E-state index contributed by atoms with van der Waals surface area (Å²) in [6.45, 7) is 10.8. The average Bonchev–Trinajstić information content (AvgIpc) is 3.16. The van der Waals surface area contributed by atoms with Crippen molar-refractivity contribution < 1.29 is 13.2 Å². The number of aromatic nitrogens is 3. The third kappa shape index (κ3) is 4.39. The van der Waals surface area contributed by atoms with Crippen molar-refractivity contribution >= 4 is 22.5 Å². The third-order valence-corrected chi connectivity index (χ3v) is 5.39. The number of H-pyrrole nitrogens is 1. The van der Waals surface area contributed by atoms with E-state index in [0.717, 1.165) is 55.6 Å². The van der Waals surface area contributed by atoms with Crippen molar-refractivity contribution in [2.45, 2.75) is 19.0 Å². The van der Waals surface area contributed by atoms with Crippen LogP contribution < -0.4 is 4.90 Å². The summed E-state index contributed by atoms with van der Waals surface area (Å²) in [6, 6.07) is 6.55. The van der Waals surface area contributed by atoms with Crippen LogP contribution in [0.25, 0.3) is 15.7 Å². The lowest BCUT2D eigenvalue weighted by atomic mass is 10.1. The van der Waals surface area contributed by atoms with Crippen molar-refractivity contribution in [1.82, 2.24) is 19.9 Å². The van der Waals surface area contributed by atoms with Gasteiger partial charge in [0.2, 0.25) is 5.95 Å². The molecule has 0 atom stereocenters. The van der Waals surface area contributed by atoms with E-state index in [1.165, 1.54) is 5.56 Å². The highest BCUT2D eigenvalue weighted by Crippen LogP contribution is 2.28. The van der Waals surface area contributed by atoms with Gasteiger partial charge in [-0.25, -0.2) is 14.8 Å². The minimum absolute atomic E-state index is 0.138. The predicted molar refractivity (Wildman–Crippen MR) is 109 cm³/mol. The van der Waals surface area contributed by atoms with Crippen molar-refractivity contribution in [3.63, 3.8) is 0 Å². The molecule has 1 N–H and O–H groups in total. The van der Waals surface area contributed by atoms with Crippen molar-refractivity contribution in [3.05, 3.63) is 59.3 Å². The van der Waals surface area contributed by atoms with Crippen LogP contribution in [0.1, 0.15) is 17.7 Å². The molecule has 1 aliphatic heterocycles. The van der Waals surface area contributed by atoms with Gasteiger partial charge in [0.25, 0.3) is 0 Å². The normalized spacial score (nSPS) is 15.5. The molecule has 0 unspecified atom stereocenters. The molecule has 0 amide bonds. The molecule has 1 aromatic carbocycles. The summed E-state index contributed by atoms with van der Waals surface area (Å²) in [5.74, 6) is 0.138. The number of anilines is 1. The highest BCUT2D eigenvalue weighted by Gasteiger charge is 2.33. The Bertz CT molecular complexity index is 1060. The zero-order chi connectivity index (χ0) is 21.1. The molecule has 0 spiro atoms. The van der Waals surface area contributed by atoms with Gasteiger partial charge in [0.15, 0.2) is 5.69 Å². The number of nitrogens with one attached hydrogen (secondary N) is 1. The summed E-state index contributed by atoms with van der Waals surface area (Å²) in [5, 5.41) is 1.09. The fourth-order valence-electron chi connectivity index (χ4n) is 3.77. The Labute approximate surface area is 172 Å². The van der Waals surface area contributed by atoms with Crippen LogP contribution >= 0.6 is 0 Å². The lowest BCUT2D eigenvalue weighted by Gasteiger charge is -2.34. The van der Waals surface area contributed by atoms with Gasteiger partial charge in [0, 0.05) is 44.1 Å². The van der Waals surface area contributed by atoms with E-state index >= 15 is 0 Å². The Morgan fingerprint density at radius 3 is 2.67 bits per heavy atom. The second-order valence-corrected chi connectivity index (χ2v) is 7.33. The van der Waals surface area contributed by atoms with Gasteiger partial charge in [0.1, 0.15) is 5.69 Å². The van der Waals surface area contributed by atoms with Crippen LogP contribution in [0.4, 0.5) is 24.8 Å². The molecule has 0 bridgehead atoms. The maximum atomic E-state index is 12.9. The van der Waals surface area contributed by atoms with Crippen LogP contribution in [0, 0.1) is 6.57 Å². The molecule has 3 heterocycles. The molecule has 0 aliphatic carbocycles. The zero-order valence-corrected chi connectivity index (χ0v) is 16.3. The highest BCUT2D eigenvalue weighted by atomic mass is 19.4. The summed E-state index contributed by atoms with van der Waals surface area (Å²) in [4.78, 5) is 18.5. The van der Waals surface area contributed by atoms with Crippen LogP contribution in [0.5, 0.6) is 0 Å². The SMILES string of the molecule is [C-]#[N+]c1ccc2[nH]cc(CCCN3CCN(c4nccc(C(F)(F)F)n4)CC3)c2c1. The number of alkyl halides is 3. The van der Waals surface area contributed by atoms with Crippen molar-refractivity contribution in [2.75, 3.05) is 37.6 Å². The first-order valence-corrected chi connectivity index (χ1v) is 9.79. The van der Waals surface area contributed by atoms with Gasteiger partial charge in [-0.2, -0.15) is 13.2 Å². The van der Waals surface area contributed by atoms with Gasteiger partial charge in [-0.3, -0.25) is 4.90 Å². The highest BCUT2D eigenvalue weighted by molar-refractivity contribution is 5.86. The number of aromatic amines is 1. The van der Waals surface area contributed by atoms with Crippen molar-refractivity contribution in [2.24, 2.45) is 0 Å². The Morgan fingerprint density at radius 2 is 1.93 bits per heavy atom. The second kappa shape index (κ2) is 8.32. The zero-order valence-electron chi connectivity index (χ0n) is 16.3. The summed E-state index contributed by atoms with van der Waals surface area (Å²) in [6.07, 6.45) is 0.574. The van der Waals surface area contributed by atoms with E-state index in [2.05, 4.69) is 24.7 Å². The minimum atomic E-state index is -4.46. The summed E-state index contributed by atoms with van der Waals surface area (Å²) in [5.41, 5.74) is 1.96. The third-order valence-electron chi connectivity index (χ3n) is 5.39. The van der Waals surface area contributed by atoms with Gasteiger partial charge in [-0.1, -0.05) is 6.07 Å². The number of piperazine rings is 1. The maximum Gasteiger partial charge on any atom is 0.433 e. The molecule has 0 radical (unpaired) electrons. The minimum Gasteiger partial charge on any atom is -0.361 e. The number of hydrogen-bond acceptors (Lipinski definition) is 4. The van der Waals surface area contributed by atoms with E-state index in [1.54, 1.807) is 4.90 Å².